The molecule has 2 aromatic rings. The van der Waals surface area contributed by atoms with Crippen LogP contribution in [0, 0.1) is 20.9 Å². The highest BCUT2D eigenvalue weighted by molar-refractivity contribution is 6.07. The fraction of sp³-hybridized carbons (Fsp3) is 0.407. The Labute approximate surface area is 213 Å². The molecule has 0 radical (unpaired) electrons. The maximum atomic E-state index is 14.1. The van der Waals surface area contributed by atoms with E-state index in [9.17, 15) is 24.5 Å². The molecular weight excluding hydrogens is 478 g/mol. The van der Waals surface area contributed by atoms with Gasteiger partial charge in [-0.3, -0.25) is 29.5 Å². The smallest absolute Gasteiger partial charge is 0.330 e. The summed E-state index contributed by atoms with van der Waals surface area (Å²) in [6.07, 6.45) is 1.60. The Bertz CT molecular complexity index is 1340. The summed E-state index contributed by atoms with van der Waals surface area (Å²) in [5, 5.41) is 17.4. The first kappa shape index (κ1) is 24.6. The lowest BCUT2D eigenvalue weighted by Crippen LogP contribution is -2.58. The van der Waals surface area contributed by atoms with Gasteiger partial charge >= 0.3 is 11.9 Å². The van der Waals surface area contributed by atoms with Gasteiger partial charge in [-0.15, -0.1) is 0 Å². The van der Waals surface area contributed by atoms with Crippen LogP contribution in [0.1, 0.15) is 63.3 Å². The van der Waals surface area contributed by atoms with Crippen molar-refractivity contribution >= 4 is 29.6 Å². The number of rotatable bonds is 3. The molecule has 2 aromatic carbocycles. The van der Waals surface area contributed by atoms with Crippen LogP contribution in [0.25, 0.3) is 0 Å². The minimum Gasteiger partial charge on any atom is -0.422 e. The predicted octanol–water partition coefficient (Wildman–Crippen LogP) is 3.89. The third kappa shape index (κ3) is 3.53. The van der Waals surface area contributed by atoms with Crippen molar-refractivity contribution in [3.63, 3.8) is 0 Å². The molecule has 3 aliphatic heterocycles. The number of hydrogen-bond donors (Lipinski definition) is 0. The van der Waals surface area contributed by atoms with Crippen molar-refractivity contribution < 1.29 is 28.8 Å². The first-order chi connectivity index (χ1) is 17.3. The Morgan fingerprint density at radius 2 is 1.62 bits per heavy atom. The summed E-state index contributed by atoms with van der Waals surface area (Å²) in [6, 6.07) is 10.7. The number of carbonyl (C=O) groups excluding carboxylic acids is 3. The molecule has 0 saturated carbocycles. The van der Waals surface area contributed by atoms with Crippen LogP contribution in [0.15, 0.2) is 53.6 Å². The van der Waals surface area contributed by atoms with Gasteiger partial charge in [-0.2, -0.15) is 5.10 Å². The molecule has 3 atom stereocenters. The fourth-order valence-electron chi connectivity index (χ4n) is 5.63. The number of Topliss-reactive ketones (excluding diaryl/α,β-unsaturated/α-hetero) is 1. The summed E-state index contributed by atoms with van der Waals surface area (Å²) in [6.45, 7) is 8.20. The van der Waals surface area contributed by atoms with Gasteiger partial charge < -0.3 is 9.47 Å². The number of nitro groups is 1. The number of nitrogens with zero attached hydrogens (tertiary/aromatic N) is 3. The van der Waals surface area contributed by atoms with Crippen molar-refractivity contribution in [2.45, 2.75) is 58.4 Å². The van der Waals surface area contributed by atoms with Crippen LogP contribution in [0.5, 0.6) is 0 Å². The highest BCUT2D eigenvalue weighted by atomic mass is 16.7. The Morgan fingerprint density at radius 3 is 2.19 bits per heavy atom. The largest absolute Gasteiger partial charge is 0.422 e. The van der Waals surface area contributed by atoms with E-state index in [1.807, 2.05) is 12.1 Å². The molecule has 3 heterocycles. The first-order valence-corrected chi connectivity index (χ1v) is 12.0. The van der Waals surface area contributed by atoms with Crippen molar-refractivity contribution in [3.05, 3.63) is 75.3 Å². The Balaban J connectivity index is 1.83. The summed E-state index contributed by atoms with van der Waals surface area (Å²) in [4.78, 5) is 52.9. The van der Waals surface area contributed by atoms with Crippen molar-refractivity contribution in [1.29, 1.82) is 0 Å². The highest BCUT2D eigenvalue weighted by Crippen LogP contribution is 2.63. The number of non-ortho nitro benzene ring substituents is 1. The van der Waals surface area contributed by atoms with E-state index >= 15 is 0 Å². The molecule has 2 fully saturated rings. The van der Waals surface area contributed by atoms with Gasteiger partial charge in [0.05, 0.1) is 11.1 Å². The van der Waals surface area contributed by atoms with Crippen LogP contribution in [-0.2, 0) is 23.9 Å². The van der Waals surface area contributed by atoms with E-state index in [4.69, 9.17) is 9.47 Å². The summed E-state index contributed by atoms with van der Waals surface area (Å²) >= 11 is 0. The quantitative estimate of drug-likeness (QED) is 0.266. The molecule has 2 saturated heterocycles. The van der Waals surface area contributed by atoms with Gasteiger partial charge in [-0.1, -0.05) is 57.2 Å². The maximum Gasteiger partial charge on any atom is 0.330 e. The second-order valence-corrected chi connectivity index (χ2v) is 11.1. The molecule has 0 N–H and O–H groups in total. The first-order valence-electron chi connectivity index (χ1n) is 12.0. The summed E-state index contributed by atoms with van der Waals surface area (Å²) in [7, 11) is 0. The zero-order chi connectivity index (χ0) is 26.9. The van der Waals surface area contributed by atoms with E-state index in [1.54, 1.807) is 39.1 Å². The van der Waals surface area contributed by atoms with Crippen LogP contribution in [0.4, 0.5) is 5.69 Å². The Kier molecular flexibility index (Phi) is 5.29. The van der Waals surface area contributed by atoms with Crippen LogP contribution < -0.4 is 0 Å². The minimum atomic E-state index is -1.99. The van der Waals surface area contributed by atoms with Crippen molar-refractivity contribution in [1.82, 2.24) is 5.01 Å². The number of fused-ring (bicyclic) bond motifs is 4. The number of esters is 2. The average molecular weight is 506 g/mol. The molecule has 1 spiro atoms. The van der Waals surface area contributed by atoms with Crippen molar-refractivity contribution in [3.8, 4) is 0 Å². The molecular formula is C27H27N3O7. The van der Waals surface area contributed by atoms with E-state index in [0.29, 0.717) is 16.7 Å². The van der Waals surface area contributed by atoms with E-state index in [1.165, 1.54) is 43.1 Å². The molecule has 0 bridgehead atoms. The van der Waals surface area contributed by atoms with Crippen LogP contribution in [-0.4, -0.2) is 45.7 Å². The highest BCUT2D eigenvalue weighted by Gasteiger charge is 2.75. The van der Waals surface area contributed by atoms with E-state index in [-0.39, 0.29) is 11.5 Å². The topological polar surface area (TPSA) is 128 Å². The maximum absolute atomic E-state index is 14.1. The molecule has 5 rings (SSSR count). The Morgan fingerprint density at radius 1 is 1.03 bits per heavy atom. The lowest BCUT2D eigenvalue weighted by Gasteiger charge is -2.44. The standard InChI is InChI=1S/C27H27N3O7/c1-25(2,3)22(31)20-19(15-10-12-17(13-11-15)30(34)35)27(23(32)36-26(4,5)37-24(27)33)21-18-9-7-6-8-16(18)14-28-29(20)21/h6-14,19-21H,1-5H3/t19-,20+,21+/m0/s1. The number of carbonyl (C=O) groups is 3. The monoisotopic (exact) mass is 505 g/mol. The van der Waals surface area contributed by atoms with Gasteiger partial charge in [0.25, 0.3) is 11.5 Å². The lowest BCUT2D eigenvalue weighted by atomic mass is 9.64. The van der Waals surface area contributed by atoms with Crippen LogP contribution >= 0.6 is 0 Å². The van der Waals surface area contributed by atoms with Gasteiger partial charge in [0.1, 0.15) is 12.1 Å². The second kappa shape index (κ2) is 7.96. The second-order valence-electron chi connectivity index (χ2n) is 11.1. The van der Waals surface area contributed by atoms with Crippen LogP contribution in [0.2, 0.25) is 0 Å². The molecule has 0 aromatic heterocycles. The van der Waals surface area contributed by atoms with E-state index in [0.717, 1.165) is 0 Å². The molecule has 3 aliphatic rings. The molecule has 0 aliphatic carbocycles. The number of benzene rings is 2. The van der Waals surface area contributed by atoms with Crippen LogP contribution in [0.3, 0.4) is 0 Å². The fourth-order valence-corrected chi connectivity index (χ4v) is 5.63. The normalized spacial score (nSPS) is 25.2. The zero-order valence-corrected chi connectivity index (χ0v) is 21.1. The number of ketones is 1. The van der Waals surface area contributed by atoms with Crippen molar-refractivity contribution in [2.24, 2.45) is 15.9 Å². The zero-order valence-electron chi connectivity index (χ0n) is 21.1. The number of cyclic esters (lactones) is 2. The van der Waals surface area contributed by atoms with Gasteiger partial charge in [0, 0.05) is 37.3 Å². The third-order valence-electron chi connectivity index (χ3n) is 7.23. The summed E-state index contributed by atoms with van der Waals surface area (Å²) in [5.74, 6) is -4.51. The van der Waals surface area contributed by atoms with Gasteiger partial charge in [-0.05, 0) is 16.7 Å². The van der Waals surface area contributed by atoms with E-state index in [2.05, 4.69) is 5.10 Å². The number of hydrazone groups is 1. The van der Waals surface area contributed by atoms with Gasteiger partial charge in [0.2, 0.25) is 5.41 Å². The predicted molar refractivity (Wildman–Crippen MR) is 131 cm³/mol. The molecule has 0 unspecified atom stereocenters. The number of hydrogen-bond acceptors (Lipinski definition) is 9. The number of ether oxygens (including phenoxy) is 2. The van der Waals surface area contributed by atoms with Gasteiger partial charge in [-0.25, -0.2) is 0 Å². The SMILES string of the molecule is CC1(C)OC(=O)C2(C(=O)O1)[C@@H](c1ccc([N+](=O)[O-])cc1)[C@H](C(=O)C(C)(C)C)N1N=Cc3ccccc3[C@@H]12. The van der Waals surface area contributed by atoms with Crippen molar-refractivity contribution in [2.75, 3.05) is 0 Å². The molecule has 0 amide bonds. The summed E-state index contributed by atoms with van der Waals surface area (Å²) < 4.78 is 11.4. The average Bonchev–Trinajstić information content (AvgIpc) is 3.13. The molecule has 10 nitrogen and oxygen atoms in total. The molecule has 37 heavy (non-hydrogen) atoms. The molecule has 192 valence electrons. The Hall–Kier alpha value is -4.08. The molecule has 10 heteroatoms. The number of nitro benzene ring substituents is 1. The minimum absolute atomic E-state index is 0.162. The van der Waals surface area contributed by atoms with Gasteiger partial charge in [0.15, 0.2) is 5.78 Å². The third-order valence-corrected chi connectivity index (χ3v) is 7.23. The lowest BCUT2D eigenvalue weighted by molar-refractivity contribution is -0.384. The summed E-state index contributed by atoms with van der Waals surface area (Å²) in [5.41, 5.74) is -1.31. The van der Waals surface area contributed by atoms with E-state index < -0.39 is 51.5 Å².